The third-order valence-corrected chi connectivity index (χ3v) is 3.29. The van der Waals surface area contributed by atoms with E-state index in [9.17, 15) is 0 Å². The first-order valence-corrected chi connectivity index (χ1v) is 7.73. The van der Waals surface area contributed by atoms with Crippen LogP contribution in [0.2, 0.25) is 0 Å². The van der Waals surface area contributed by atoms with Crippen molar-refractivity contribution in [2.45, 2.75) is 66.0 Å². The van der Waals surface area contributed by atoms with E-state index in [0.717, 1.165) is 25.6 Å². The van der Waals surface area contributed by atoms with Gasteiger partial charge in [-0.2, -0.15) is 0 Å². The van der Waals surface area contributed by atoms with Crippen molar-refractivity contribution in [1.82, 2.24) is 15.5 Å². The lowest BCUT2D eigenvalue weighted by Gasteiger charge is -2.30. The standard InChI is InChI=1S/C15H34N4/c1-7-8-9-10-17-15(16-6)18-11-12-19(13(2)3)14(4)5/h13-14H,7-12H2,1-6H3,(H2,16,17,18). The second-order valence-corrected chi connectivity index (χ2v) is 5.56. The van der Waals surface area contributed by atoms with Gasteiger partial charge in [-0.1, -0.05) is 19.8 Å². The minimum absolute atomic E-state index is 0.585. The summed E-state index contributed by atoms with van der Waals surface area (Å²) in [5.41, 5.74) is 0. The van der Waals surface area contributed by atoms with Gasteiger partial charge in [-0.15, -0.1) is 0 Å². The van der Waals surface area contributed by atoms with Gasteiger partial charge in [0.05, 0.1) is 0 Å². The van der Waals surface area contributed by atoms with Gasteiger partial charge in [0.2, 0.25) is 0 Å². The molecule has 114 valence electrons. The molecule has 4 nitrogen and oxygen atoms in total. The topological polar surface area (TPSA) is 39.7 Å². The molecule has 0 atom stereocenters. The first-order chi connectivity index (χ1) is 9.02. The van der Waals surface area contributed by atoms with Crippen LogP contribution in [-0.2, 0) is 0 Å². The molecule has 0 saturated heterocycles. The first-order valence-electron chi connectivity index (χ1n) is 7.73. The second-order valence-electron chi connectivity index (χ2n) is 5.56. The van der Waals surface area contributed by atoms with E-state index in [1.165, 1.54) is 19.3 Å². The third kappa shape index (κ3) is 8.87. The lowest BCUT2D eigenvalue weighted by atomic mass is 10.2. The average molecular weight is 270 g/mol. The number of guanidine groups is 1. The van der Waals surface area contributed by atoms with Crippen LogP contribution < -0.4 is 10.6 Å². The maximum atomic E-state index is 4.25. The summed E-state index contributed by atoms with van der Waals surface area (Å²) in [4.78, 5) is 6.73. The molecule has 0 amide bonds. The zero-order valence-electron chi connectivity index (χ0n) is 13.8. The fourth-order valence-corrected chi connectivity index (χ4v) is 2.22. The van der Waals surface area contributed by atoms with Gasteiger partial charge in [0.25, 0.3) is 0 Å². The Balaban J connectivity index is 3.88. The summed E-state index contributed by atoms with van der Waals surface area (Å²) in [6.07, 6.45) is 3.74. The molecule has 0 spiro atoms. The molecule has 4 heteroatoms. The predicted octanol–water partition coefficient (Wildman–Crippen LogP) is 2.46. The lowest BCUT2D eigenvalue weighted by molar-refractivity contribution is 0.178. The smallest absolute Gasteiger partial charge is 0.191 e. The Morgan fingerprint density at radius 1 is 1.00 bits per heavy atom. The Kier molecular flexibility index (Phi) is 10.6. The minimum atomic E-state index is 0.585. The zero-order valence-corrected chi connectivity index (χ0v) is 13.8. The van der Waals surface area contributed by atoms with E-state index < -0.39 is 0 Å². The summed E-state index contributed by atoms with van der Waals surface area (Å²) in [6, 6.07) is 1.17. The van der Waals surface area contributed by atoms with Crippen LogP contribution >= 0.6 is 0 Å². The summed E-state index contributed by atoms with van der Waals surface area (Å²) < 4.78 is 0. The number of hydrogen-bond acceptors (Lipinski definition) is 2. The van der Waals surface area contributed by atoms with E-state index in [-0.39, 0.29) is 0 Å². The number of rotatable bonds is 9. The van der Waals surface area contributed by atoms with Crippen LogP contribution in [0.4, 0.5) is 0 Å². The van der Waals surface area contributed by atoms with Crippen molar-refractivity contribution in [1.29, 1.82) is 0 Å². The van der Waals surface area contributed by atoms with Crippen molar-refractivity contribution < 1.29 is 0 Å². The molecule has 0 rings (SSSR count). The van der Waals surface area contributed by atoms with E-state index in [0.29, 0.717) is 12.1 Å². The highest BCUT2D eigenvalue weighted by Gasteiger charge is 2.12. The molecule has 0 aliphatic carbocycles. The van der Waals surface area contributed by atoms with Crippen LogP contribution in [0.25, 0.3) is 0 Å². The summed E-state index contributed by atoms with van der Waals surface area (Å²) in [7, 11) is 1.83. The molecular weight excluding hydrogens is 236 g/mol. The Morgan fingerprint density at radius 2 is 1.58 bits per heavy atom. The normalized spacial score (nSPS) is 12.6. The molecule has 0 heterocycles. The van der Waals surface area contributed by atoms with Gasteiger partial charge in [0, 0.05) is 38.8 Å². The Morgan fingerprint density at radius 3 is 2.05 bits per heavy atom. The largest absolute Gasteiger partial charge is 0.356 e. The van der Waals surface area contributed by atoms with Crippen molar-refractivity contribution in [3.8, 4) is 0 Å². The van der Waals surface area contributed by atoms with Gasteiger partial charge in [0.15, 0.2) is 5.96 Å². The molecule has 0 aromatic carbocycles. The molecule has 0 aliphatic rings. The molecule has 2 N–H and O–H groups in total. The van der Waals surface area contributed by atoms with E-state index in [2.05, 4.69) is 55.1 Å². The summed E-state index contributed by atoms with van der Waals surface area (Å²) >= 11 is 0. The van der Waals surface area contributed by atoms with Crippen LogP contribution in [0.3, 0.4) is 0 Å². The second kappa shape index (κ2) is 11.1. The first kappa shape index (κ1) is 18.2. The SMILES string of the molecule is CCCCCNC(=NC)NCCN(C(C)C)C(C)C. The molecular formula is C15H34N4. The van der Waals surface area contributed by atoms with E-state index in [4.69, 9.17) is 0 Å². The van der Waals surface area contributed by atoms with E-state index in [1.54, 1.807) is 0 Å². The number of aliphatic imine (C=N–C) groups is 1. The molecule has 19 heavy (non-hydrogen) atoms. The third-order valence-electron chi connectivity index (χ3n) is 3.29. The Labute approximate surface area is 120 Å². The van der Waals surface area contributed by atoms with Gasteiger partial charge < -0.3 is 10.6 Å². The fourth-order valence-electron chi connectivity index (χ4n) is 2.22. The molecule has 0 bridgehead atoms. The van der Waals surface area contributed by atoms with Gasteiger partial charge in [-0.25, -0.2) is 0 Å². The molecule has 0 unspecified atom stereocenters. The molecule has 0 aromatic heterocycles. The molecule has 0 aliphatic heterocycles. The van der Waals surface area contributed by atoms with Gasteiger partial charge in [-0.05, 0) is 34.1 Å². The quantitative estimate of drug-likeness (QED) is 0.384. The molecule has 0 aromatic rings. The van der Waals surface area contributed by atoms with Crippen LogP contribution in [0.1, 0.15) is 53.9 Å². The fraction of sp³-hybridized carbons (Fsp3) is 0.933. The van der Waals surface area contributed by atoms with Crippen LogP contribution in [-0.4, -0.2) is 49.6 Å². The van der Waals surface area contributed by atoms with Crippen molar-refractivity contribution in [3.63, 3.8) is 0 Å². The average Bonchev–Trinajstić information content (AvgIpc) is 2.36. The predicted molar refractivity (Wildman–Crippen MR) is 85.9 cm³/mol. The van der Waals surface area contributed by atoms with Crippen molar-refractivity contribution in [2.75, 3.05) is 26.7 Å². The Bertz CT molecular complexity index is 228. The lowest BCUT2D eigenvalue weighted by Crippen LogP contribution is -2.45. The monoisotopic (exact) mass is 270 g/mol. The summed E-state index contributed by atoms with van der Waals surface area (Å²) in [5.74, 6) is 0.920. The highest BCUT2D eigenvalue weighted by Crippen LogP contribution is 2.03. The van der Waals surface area contributed by atoms with Crippen molar-refractivity contribution in [2.24, 2.45) is 4.99 Å². The van der Waals surface area contributed by atoms with Crippen LogP contribution in [0.5, 0.6) is 0 Å². The highest BCUT2D eigenvalue weighted by atomic mass is 15.2. The van der Waals surface area contributed by atoms with Gasteiger partial charge >= 0.3 is 0 Å². The van der Waals surface area contributed by atoms with Crippen molar-refractivity contribution >= 4 is 5.96 Å². The Hall–Kier alpha value is -0.770. The van der Waals surface area contributed by atoms with Gasteiger partial charge in [-0.3, -0.25) is 9.89 Å². The molecule has 0 saturated carbocycles. The summed E-state index contributed by atoms with van der Waals surface area (Å²) in [6.45, 7) is 14.2. The van der Waals surface area contributed by atoms with Crippen LogP contribution in [0.15, 0.2) is 4.99 Å². The molecule has 0 radical (unpaired) electrons. The maximum absolute atomic E-state index is 4.25. The maximum Gasteiger partial charge on any atom is 0.191 e. The van der Waals surface area contributed by atoms with Gasteiger partial charge in [0.1, 0.15) is 0 Å². The number of nitrogens with zero attached hydrogens (tertiary/aromatic N) is 2. The summed E-state index contributed by atoms with van der Waals surface area (Å²) in [5, 5.41) is 6.74. The number of hydrogen-bond donors (Lipinski definition) is 2. The highest BCUT2D eigenvalue weighted by molar-refractivity contribution is 5.79. The zero-order chi connectivity index (χ0) is 14.7. The van der Waals surface area contributed by atoms with Crippen LogP contribution in [0, 0.1) is 0 Å². The minimum Gasteiger partial charge on any atom is -0.356 e. The number of unbranched alkanes of at least 4 members (excludes halogenated alkanes) is 2. The molecule has 0 fully saturated rings. The van der Waals surface area contributed by atoms with Crippen molar-refractivity contribution in [3.05, 3.63) is 0 Å². The van der Waals surface area contributed by atoms with E-state index >= 15 is 0 Å². The van der Waals surface area contributed by atoms with E-state index in [1.807, 2.05) is 7.05 Å². The number of nitrogens with one attached hydrogen (secondary N) is 2.